The van der Waals surface area contributed by atoms with Gasteiger partial charge in [0.2, 0.25) is 0 Å². The summed E-state index contributed by atoms with van der Waals surface area (Å²) in [7, 11) is 2.00. The van der Waals surface area contributed by atoms with Gasteiger partial charge in [0.05, 0.1) is 16.3 Å². The topological polar surface area (TPSA) is 36.4 Å². The first kappa shape index (κ1) is 15.6. The van der Waals surface area contributed by atoms with Gasteiger partial charge in [0, 0.05) is 18.5 Å². The molecule has 3 nitrogen and oxygen atoms in total. The van der Waals surface area contributed by atoms with Gasteiger partial charge in [-0.15, -0.1) is 11.3 Å². The molecule has 1 heterocycles. The Balaban J connectivity index is 2.05. The van der Waals surface area contributed by atoms with E-state index >= 15 is 0 Å². The lowest BCUT2D eigenvalue weighted by Crippen LogP contribution is -2.17. The molecule has 0 saturated carbocycles. The smallest absolute Gasteiger partial charge is 0.138 e. The van der Waals surface area contributed by atoms with Crippen LogP contribution in [0.3, 0.4) is 0 Å². The zero-order chi connectivity index (χ0) is 15.2. The Morgan fingerprint density at radius 1 is 1.38 bits per heavy atom. The van der Waals surface area contributed by atoms with Crippen molar-refractivity contribution in [2.75, 3.05) is 13.7 Å². The van der Waals surface area contributed by atoms with E-state index in [1.165, 1.54) is 6.07 Å². The highest BCUT2D eigenvalue weighted by Crippen LogP contribution is 2.14. The molecular formula is C16H17FN2OS. The zero-order valence-electron chi connectivity index (χ0n) is 12.1. The summed E-state index contributed by atoms with van der Waals surface area (Å²) in [6, 6.07) is 4.89. The van der Waals surface area contributed by atoms with Crippen molar-refractivity contribution in [3.63, 3.8) is 0 Å². The van der Waals surface area contributed by atoms with Crippen LogP contribution >= 0.6 is 11.3 Å². The van der Waals surface area contributed by atoms with E-state index in [2.05, 4.69) is 27.1 Å². The van der Waals surface area contributed by atoms with Crippen molar-refractivity contribution in [3.05, 3.63) is 51.2 Å². The second kappa shape index (κ2) is 7.32. The Hall–Kier alpha value is -1.74. The van der Waals surface area contributed by atoms with E-state index in [0.29, 0.717) is 12.1 Å². The molecule has 0 aliphatic rings. The molecule has 0 bridgehead atoms. The van der Waals surface area contributed by atoms with Crippen LogP contribution in [0.5, 0.6) is 0 Å². The molecule has 0 aliphatic carbocycles. The second-order valence-electron chi connectivity index (χ2n) is 4.80. The minimum Gasteiger partial charge on any atom is -0.384 e. The fraction of sp³-hybridized carbons (Fsp3) is 0.312. The summed E-state index contributed by atoms with van der Waals surface area (Å²) in [4.78, 5) is 6.55. The molecule has 0 atom stereocenters. The van der Waals surface area contributed by atoms with Crippen molar-refractivity contribution >= 4 is 11.3 Å². The lowest BCUT2D eigenvalue weighted by atomic mass is 10.1. The van der Waals surface area contributed by atoms with E-state index in [-0.39, 0.29) is 12.4 Å². The third-order valence-corrected chi connectivity index (χ3v) is 3.71. The van der Waals surface area contributed by atoms with E-state index in [0.717, 1.165) is 22.8 Å². The van der Waals surface area contributed by atoms with Gasteiger partial charge in [0.25, 0.3) is 0 Å². The van der Waals surface area contributed by atoms with Crippen LogP contribution in [0.4, 0.5) is 4.39 Å². The normalized spacial score (nSPS) is 10.5. The Morgan fingerprint density at radius 2 is 2.19 bits per heavy atom. The maximum atomic E-state index is 13.6. The van der Waals surface area contributed by atoms with Gasteiger partial charge in [-0.3, -0.25) is 4.90 Å². The molecule has 110 valence electrons. The summed E-state index contributed by atoms with van der Waals surface area (Å²) in [6.45, 7) is 3.15. The van der Waals surface area contributed by atoms with E-state index < -0.39 is 0 Å². The SMILES string of the molecule is Cc1nc(CN(C)Cc2ccc(F)c(C#CCO)c2)cs1. The summed E-state index contributed by atoms with van der Waals surface area (Å²) in [5, 5.41) is 11.8. The quantitative estimate of drug-likeness (QED) is 0.882. The van der Waals surface area contributed by atoms with E-state index in [9.17, 15) is 4.39 Å². The van der Waals surface area contributed by atoms with Crippen molar-refractivity contribution < 1.29 is 9.50 Å². The maximum absolute atomic E-state index is 13.6. The first-order chi connectivity index (χ1) is 10.1. The standard InChI is InChI=1S/C16H17FN2OS/c1-12-18-15(11-21-12)10-19(2)9-13-5-6-16(17)14(8-13)4-3-7-20/h5-6,8,11,20H,7,9-10H2,1-2H3. The van der Waals surface area contributed by atoms with E-state index in [1.807, 2.05) is 14.0 Å². The number of hydrogen-bond acceptors (Lipinski definition) is 4. The van der Waals surface area contributed by atoms with Crippen LogP contribution < -0.4 is 0 Å². The molecule has 5 heteroatoms. The molecule has 0 unspecified atom stereocenters. The van der Waals surface area contributed by atoms with Crippen molar-refractivity contribution in [1.82, 2.24) is 9.88 Å². The third-order valence-electron chi connectivity index (χ3n) is 2.88. The van der Waals surface area contributed by atoms with Crippen molar-refractivity contribution in [2.45, 2.75) is 20.0 Å². The predicted octanol–water partition coefficient (Wildman–Crippen LogP) is 2.57. The summed E-state index contributed by atoms with van der Waals surface area (Å²) < 4.78 is 13.6. The van der Waals surface area contributed by atoms with Gasteiger partial charge in [-0.05, 0) is 31.7 Å². The Bertz CT molecular complexity index is 672. The van der Waals surface area contributed by atoms with Crippen LogP contribution in [-0.4, -0.2) is 28.6 Å². The molecule has 2 aromatic rings. The van der Waals surface area contributed by atoms with Crippen molar-refractivity contribution in [2.24, 2.45) is 0 Å². The van der Waals surface area contributed by atoms with Crippen molar-refractivity contribution in [1.29, 1.82) is 0 Å². The number of benzene rings is 1. The van der Waals surface area contributed by atoms with Gasteiger partial charge in [-0.25, -0.2) is 9.37 Å². The zero-order valence-corrected chi connectivity index (χ0v) is 12.9. The molecule has 0 amide bonds. The van der Waals surface area contributed by atoms with Gasteiger partial charge in [0.1, 0.15) is 12.4 Å². The van der Waals surface area contributed by atoms with Crippen molar-refractivity contribution in [3.8, 4) is 11.8 Å². The molecule has 1 aromatic carbocycles. The van der Waals surface area contributed by atoms with Crippen LogP contribution in [-0.2, 0) is 13.1 Å². The number of nitrogens with zero attached hydrogens (tertiary/aromatic N) is 2. The number of thiazole rings is 1. The van der Waals surface area contributed by atoms with Gasteiger partial charge in [-0.2, -0.15) is 0 Å². The fourth-order valence-electron chi connectivity index (χ4n) is 2.03. The highest BCUT2D eigenvalue weighted by molar-refractivity contribution is 7.09. The molecule has 0 aliphatic heterocycles. The largest absolute Gasteiger partial charge is 0.384 e. The van der Waals surface area contributed by atoms with Crippen LogP contribution in [0.15, 0.2) is 23.6 Å². The molecule has 21 heavy (non-hydrogen) atoms. The Labute approximate surface area is 128 Å². The highest BCUT2D eigenvalue weighted by atomic mass is 32.1. The fourth-order valence-corrected chi connectivity index (χ4v) is 2.63. The summed E-state index contributed by atoms with van der Waals surface area (Å²) in [6.07, 6.45) is 0. The Morgan fingerprint density at radius 3 is 2.86 bits per heavy atom. The molecular weight excluding hydrogens is 287 g/mol. The number of halogens is 1. The number of hydrogen-bond donors (Lipinski definition) is 1. The molecule has 1 aromatic heterocycles. The van der Waals surface area contributed by atoms with Crippen LogP contribution in [0, 0.1) is 24.6 Å². The molecule has 0 saturated heterocycles. The van der Waals surface area contributed by atoms with E-state index in [4.69, 9.17) is 5.11 Å². The number of aliphatic hydroxyl groups excluding tert-OH is 1. The number of rotatable bonds is 4. The molecule has 0 radical (unpaired) electrons. The predicted molar refractivity (Wildman–Crippen MR) is 82.4 cm³/mol. The summed E-state index contributed by atoms with van der Waals surface area (Å²) in [5.41, 5.74) is 2.34. The van der Waals surface area contributed by atoms with Gasteiger partial charge in [-0.1, -0.05) is 17.9 Å². The maximum Gasteiger partial charge on any atom is 0.138 e. The summed E-state index contributed by atoms with van der Waals surface area (Å²) >= 11 is 1.64. The molecule has 0 spiro atoms. The lowest BCUT2D eigenvalue weighted by Gasteiger charge is -2.15. The first-order valence-electron chi connectivity index (χ1n) is 6.56. The number of aryl methyl sites for hydroxylation is 1. The van der Waals surface area contributed by atoms with Crippen LogP contribution in [0.2, 0.25) is 0 Å². The minimum absolute atomic E-state index is 0.271. The third kappa shape index (κ3) is 4.64. The Kier molecular flexibility index (Phi) is 5.45. The molecule has 1 N–H and O–H groups in total. The monoisotopic (exact) mass is 304 g/mol. The minimum atomic E-state index is -0.363. The second-order valence-corrected chi connectivity index (χ2v) is 5.87. The van der Waals surface area contributed by atoms with Crippen LogP contribution in [0.25, 0.3) is 0 Å². The molecule has 2 rings (SSSR count). The molecule has 0 fully saturated rings. The van der Waals surface area contributed by atoms with Gasteiger partial charge in [0.15, 0.2) is 0 Å². The van der Waals surface area contributed by atoms with E-state index in [1.54, 1.807) is 23.5 Å². The number of aromatic nitrogens is 1. The lowest BCUT2D eigenvalue weighted by molar-refractivity contribution is 0.315. The first-order valence-corrected chi connectivity index (χ1v) is 7.44. The average Bonchev–Trinajstić information content (AvgIpc) is 2.84. The van der Waals surface area contributed by atoms with Gasteiger partial charge >= 0.3 is 0 Å². The average molecular weight is 304 g/mol. The highest BCUT2D eigenvalue weighted by Gasteiger charge is 2.07. The number of aliphatic hydroxyl groups is 1. The van der Waals surface area contributed by atoms with Gasteiger partial charge < -0.3 is 5.11 Å². The van der Waals surface area contributed by atoms with Crippen LogP contribution in [0.1, 0.15) is 21.8 Å². The summed E-state index contributed by atoms with van der Waals surface area (Å²) in [5.74, 6) is 4.73.